The first-order chi connectivity index (χ1) is 7.81. The molecule has 0 amide bonds. The minimum absolute atomic E-state index is 0.418. The van der Waals surface area contributed by atoms with Crippen molar-refractivity contribution >= 4 is 0 Å². The molecule has 1 fully saturated rings. The lowest BCUT2D eigenvalue weighted by Gasteiger charge is -2.17. The van der Waals surface area contributed by atoms with E-state index < -0.39 is 0 Å². The summed E-state index contributed by atoms with van der Waals surface area (Å²) in [4.78, 5) is 2.22. The number of hydrogen-bond acceptors (Lipinski definition) is 4. The van der Waals surface area contributed by atoms with Gasteiger partial charge in [-0.25, -0.2) is 0 Å². The van der Waals surface area contributed by atoms with Gasteiger partial charge in [0.1, 0.15) is 0 Å². The van der Waals surface area contributed by atoms with Crippen molar-refractivity contribution in [3.05, 3.63) is 17.5 Å². The van der Waals surface area contributed by atoms with E-state index in [1.165, 1.54) is 12.8 Å². The monoisotopic (exact) mass is 219 g/mol. The molecule has 0 spiro atoms. The highest BCUT2D eigenvalue weighted by Gasteiger charge is 2.24. The van der Waals surface area contributed by atoms with Crippen molar-refractivity contribution in [3.8, 4) is 12.3 Å². The largest absolute Gasteiger partial charge is 0.360 e. The topological polar surface area (TPSA) is 55.3 Å². The average molecular weight is 219 g/mol. The maximum atomic E-state index is 5.47. The Morgan fingerprint density at radius 2 is 2.44 bits per heavy atom. The number of nitrogens with two attached hydrogens (primary N) is 1. The molecule has 0 unspecified atom stereocenters. The van der Waals surface area contributed by atoms with Crippen LogP contribution < -0.4 is 5.73 Å². The van der Waals surface area contributed by atoms with Crippen LogP contribution in [-0.2, 0) is 13.1 Å². The number of aromatic nitrogens is 1. The molecule has 4 nitrogen and oxygen atoms in total. The molecule has 0 aliphatic heterocycles. The van der Waals surface area contributed by atoms with Gasteiger partial charge in [0.05, 0.1) is 18.8 Å². The van der Waals surface area contributed by atoms with Crippen LogP contribution in [0.3, 0.4) is 0 Å². The van der Waals surface area contributed by atoms with E-state index in [1.54, 1.807) is 0 Å². The third kappa shape index (κ3) is 3.09. The van der Waals surface area contributed by atoms with Gasteiger partial charge < -0.3 is 10.3 Å². The first-order valence-corrected chi connectivity index (χ1v) is 5.62. The molecule has 1 saturated carbocycles. The van der Waals surface area contributed by atoms with Crippen LogP contribution in [0.15, 0.2) is 10.6 Å². The van der Waals surface area contributed by atoms with Crippen molar-refractivity contribution in [1.82, 2.24) is 10.1 Å². The summed E-state index contributed by atoms with van der Waals surface area (Å²) in [5.41, 5.74) is 6.27. The molecule has 16 heavy (non-hydrogen) atoms. The van der Waals surface area contributed by atoms with E-state index in [2.05, 4.69) is 16.0 Å². The highest BCUT2D eigenvalue weighted by Crippen LogP contribution is 2.30. The Bertz CT molecular complexity index is 376. The van der Waals surface area contributed by atoms with Gasteiger partial charge in [-0.2, -0.15) is 0 Å². The molecule has 4 heteroatoms. The second-order valence-electron chi connectivity index (χ2n) is 4.31. The first kappa shape index (κ1) is 11.2. The molecule has 2 N–H and O–H groups in total. The normalized spacial score (nSPS) is 15.3. The van der Waals surface area contributed by atoms with Crippen molar-refractivity contribution in [2.45, 2.75) is 25.9 Å². The summed E-state index contributed by atoms with van der Waals surface area (Å²) in [5.74, 6) is 4.35. The van der Waals surface area contributed by atoms with E-state index in [-0.39, 0.29) is 0 Å². The standard InChI is InChI=1S/C12H17N3O/c1-2-5-15(8-10-3-4-10)9-12-6-11(7-13)14-16-12/h1,6,10H,3-5,7-9,13H2. The van der Waals surface area contributed by atoms with Crippen LogP contribution in [0.25, 0.3) is 0 Å². The molecule has 2 rings (SSSR count). The lowest BCUT2D eigenvalue weighted by molar-refractivity contribution is 0.245. The van der Waals surface area contributed by atoms with Gasteiger partial charge in [0.15, 0.2) is 5.76 Å². The van der Waals surface area contributed by atoms with Gasteiger partial charge >= 0.3 is 0 Å². The van der Waals surface area contributed by atoms with Crippen LogP contribution in [-0.4, -0.2) is 23.1 Å². The molecular formula is C12H17N3O. The highest BCUT2D eigenvalue weighted by atomic mass is 16.5. The summed E-state index contributed by atoms with van der Waals surface area (Å²) in [5, 5.41) is 3.86. The fraction of sp³-hybridized carbons (Fsp3) is 0.583. The van der Waals surface area contributed by atoms with Crippen molar-refractivity contribution in [2.24, 2.45) is 11.7 Å². The van der Waals surface area contributed by atoms with E-state index in [9.17, 15) is 0 Å². The minimum Gasteiger partial charge on any atom is -0.360 e. The third-order valence-electron chi connectivity index (χ3n) is 2.72. The van der Waals surface area contributed by atoms with Gasteiger partial charge in [0, 0.05) is 19.2 Å². The summed E-state index contributed by atoms with van der Waals surface area (Å²) in [6.45, 7) is 2.87. The molecule has 1 aliphatic carbocycles. The highest BCUT2D eigenvalue weighted by molar-refractivity contribution is 5.05. The van der Waals surface area contributed by atoms with Gasteiger partial charge in [0.2, 0.25) is 0 Å². The Morgan fingerprint density at radius 1 is 1.62 bits per heavy atom. The Morgan fingerprint density at radius 3 is 3.00 bits per heavy atom. The molecule has 1 aromatic heterocycles. The quantitative estimate of drug-likeness (QED) is 0.725. The van der Waals surface area contributed by atoms with Gasteiger partial charge in [-0.3, -0.25) is 4.90 Å². The average Bonchev–Trinajstić information content (AvgIpc) is 2.96. The summed E-state index contributed by atoms with van der Waals surface area (Å²) in [6, 6.07) is 1.90. The second kappa shape index (κ2) is 5.15. The van der Waals surface area contributed by atoms with E-state index in [1.807, 2.05) is 6.07 Å². The van der Waals surface area contributed by atoms with Crippen molar-refractivity contribution in [2.75, 3.05) is 13.1 Å². The van der Waals surface area contributed by atoms with Crippen LogP contribution in [0.5, 0.6) is 0 Å². The summed E-state index contributed by atoms with van der Waals surface area (Å²) < 4.78 is 5.19. The van der Waals surface area contributed by atoms with E-state index in [0.717, 1.165) is 30.5 Å². The van der Waals surface area contributed by atoms with E-state index in [0.29, 0.717) is 13.1 Å². The predicted molar refractivity (Wildman–Crippen MR) is 61.2 cm³/mol. The van der Waals surface area contributed by atoms with Gasteiger partial charge in [-0.1, -0.05) is 11.1 Å². The van der Waals surface area contributed by atoms with E-state index >= 15 is 0 Å². The zero-order valence-corrected chi connectivity index (χ0v) is 9.35. The first-order valence-electron chi connectivity index (χ1n) is 5.62. The Balaban J connectivity index is 1.90. The SMILES string of the molecule is C#CCN(Cc1cc(CN)no1)CC1CC1. The molecule has 0 saturated heterocycles. The molecule has 1 aromatic rings. The lowest BCUT2D eigenvalue weighted by Crippen LogP contribution is -2.25. The molecular weight excluding hydrogens is 202 g/mol. The molecule has 0 atom stereocenters. The number of nitrogens with zero attached hydrogens (tertiary/aromatic N) is 2. The maximum absolute atomic E-state index is 5.47. The molecule has 1 aliphatic rings. The Hall–Kier alpha value is -1.31. The van der Waals surface area contributed by atoms with Crippen LogP contribution in [0, 0.1) is 18.3 Å². The van der Waals surface area contributed by atoms with Crippen LogP contribution >= 0.6 is 0 Å². The lowest BCUT2D eigenvalue weighted by atomic mass is 10.3. The van der Waals surface area contributed by atoms with Crippen LogP contribution in [0.4, 0.5) is 0 Å². The zero-order chi connectivity index (χ0) is 11.4. The zero-order valence-electron chi connectivity index (χ0n) is 9.35. The summed E-state index contributed by atoms with van der Waals surface area (Å²) >= 11 is 0. The van der Waals surface area contributed by atoms with Gasteiger partial charge in [-0.05, 0) is 18.8 Å². The van der Waals surface area contributed by atoms with Gasteiger partial charge in [-0.15, -0.1) is 6.42 Å². The van der Waals surface area contributed by atoms with Crippen molar-refractivity contribution in [1.29, 1.82) is 0 Å². The van der Waals surface area contributed by atoms with Crippen LogP contribution in [0.1, 0.15) is 24.3 Å². The third-order valence-corrected chi connectivity index (χ3v) is 2.72. The summed E-state index contributed by atoms with van der Waals surface area (Å²) in [6.07, 6.45) is 8.00. The predicted octanol–water partition coefficient (Wildman–Crippen LogP) is 0.978. The van der Waals surface area contributed by atoms with Crippen LogP contribution in [0.2, 0.25) is 0 Å². The summed E-state index contributed by atoms with van der Waals surface area (Å²) in [7, 11) is 0. The molecule has 0 aromatic carbocycles. The second-order valence-corrected chi connectivity index (χ2v) is 4.31. The molecule has 0 bridgehead atoms. The fourth-order valence-electron chi connectivity index (χ4n) is 1.73. The Kier molecular flexibility index (Phi) is 3.60. The fourth-order valence-corrected chi connectivity index (χ4v) is 1.73. The smallest absolute Gasteiger partial charge is 0.151 e. The van der Waals surface area contributed by atoms with Gasteiger partial charge in [0.25, 0.3) is 0 Å². The van der Waals surface area contributed by atoms with E-state index in [4.69, 9.17) is 16.7 Å². The molecule has 0 radical (unpaired) electrons. The minimum atomic E-state index is 0.418. The number of hydrogen-bond donors (Lipinski definition) is 1. The maximum Gasteiger partial charge on any atom is 0.151 e. The number of terminal acetylenes is 1. The Labute approximate surface area is 95.8 Å². The molecule has 86 valence electrons. The molecule has 1 heterocycles. The van der Waals surface area contributed by atoms with Crippen molar-refractivity contribution in [3.63, 3.8) is 0 Å². The number of rotatable bonds is 6. The van der Waals surface area contributed by atoms with Crippen molar-refractivity contribution < 1.29 is 4.52 Å².